The quantitative estimate of drug-likeness (QED) is 0.114. The average molecular weight is 773 g/mol. The molecule has 9 nitrogen and oxygen atoms in total. The number of alkyl halides is 2. The predicted octanol–water partition coefficient (Wildman–Crippen LogP) is 9.02. The van der Waals surface area contributed by atoms with Crippen molar-refractivity contribution in [3.8, 4) is 5.75 Å². The lowest BCUT2D eigenvalue weighted by molar-refractivity contribution is -0.153. The number of hydrogen-bond acceptors (Lipinski definition) is 6. The number of hydrogen-bond donors (Lipinski definition) is 1. The summed E-state index contributed by atoms with van der Waals surface area (Å²) in [5, 5.41) is 6.57. The van der Waals surface area contributed by atoms with Gasteiger partial charge in [0, 0.05) is 78.8 Å². The van der Waals surface area contributed by atoms with Crippen LogP contribution >= 0.6 is 23.2 Å². The van der Waals surface area contributed by atoms with E-state index in [1.165, 1.54) is 33.1 Å². The van der Waals surface area contributed by atoms with Gasteiger partial charge in [-0.05, 0) is 97.1 Å². The second kappa shape index (κ2) is 15.0. The Kier molecular flexibility index (Phi) is 10.9. The van der Waals surface area contributed by atoms with Crippen molar-refractivity contribution in [2.75, 3.05) is 40.0 Å². The van der Waals surface area contributed by atoms with Gasteiger partial charge in [-0.1, -0.05) is 38.1 Å². The van der Waals surface area contributed by atoms with Gasteiger partial charge in [-0.2, -0.15) is 0 Å². The Morgan fingerprint density at radius 3 is 1.89 bits per heavy atom. The molecule has 2 unspecified atom stereocenters. The van der Waals surface area contributed by atoms with Gasteiger partial charge in [-0.25, -0.2) is 0 Å². The summed E-state index contributed by atoms with van der Waals surface area (Å²) < 4.78 is 5.66. The zero-order valence-electron chi connectivity index (χ0n) is 31.9. The highest BCUT2D eigenvalue weighted by atomic mass is 35.5. The molecule has 0 spiro atoms. The normalized spacial score (nSPS) is 22.5. The first-order valence-corrected chi connectivity index (χ1v) is 19.5. The fourth-order valence-electron chi connectivity index (χ4n) is 9.00. The van der Waals surface area contributed by atoms with Gasteiger partial charge < -0.3 is 24.6 Å². The van der Waals surface area contributed by atoms with Crippen LogP contribution in [0.2, 0.25) is 0 Å². The third-order valence-corrected chi connectivity index (χ3v) is 11.9. The lowest BCUT2D eigenvalue weighted by Crippen LogP contribution is -2.60. The number of amides is 3. The standard InChI is InChI=1S/C40H41Cl2N3O5.C3H6O/c1-6-40(38(49)45-19-25(16-41)35-30-10-8-7-9-28(30)22(2)13-32(35)45)20-39(5,21-40)37(48)44-18-26(17-42)36-31-14-27(43-23(3)46)11-12-29(31)34(15-33(36)44)50-24(4)47;1-3(2)4/h7-15,25-26H,6,16-21H2,1-5H3,(H,43,46);1-2H3. The molecule has 7 rings (SSSR count). The fraction of sp³-hybridized carbons (Fsp3) is 0.419. The first-order chi connectivity index (χ1) is 25.6. The van der Waals surface area contributed by atoms with Crippen LogP contribution in [0.5, 0.6) is 5.75 Å². The molecule has 54 heavy (non-hydrogen) atoms. The number of fused-ring (bicyclic) bond motifs is 6. The van der Waals surface area contributed by atoms with Gasteiger partial charge in [0.2, 0.25) is 17.7 Å². The number of carbonyl (C=O) groups excluding carboxylic acids is 5. The molecule has 2 atom stereocenters. The molecule has 2 heterocycles. The Bertz CT molecular complexity index is 2210. The summed E-state index contributed by atoms with van der Waals surface area (Å²) >= 11 is 13.1. The lowest BCUT2D eigenvalue weighted by atomic mass is 9.51. The van der Waals surface area contributed by atoms with Crippen LogP contribution in [0, 0.1) is 17.8 Å². The number of halogens is 2. The second-order valence-electron chi connectivity index (χ2n) is 15.5. The van der Waals surface area contributed by atoms with E-state index in [1.54, 1.807) is 23.1 Å². The van der Waals surface area contributed by atoms with E-state index in [1.807, 2.05) is 36.9 Å². The number of rotatable bonds is 7. The summed E-state index contributed by atoms with van der Waals surface area (Å²) in [4.78, 5) is 66.5. The number of nitrogens with one attached hydrogen (secondary N) is 1. The summed E-state index contributed by atoms with van der Waals surface area (Å²) in [6.07, 6.45) is 1.42. The lowest BCUT2D eigenvalue weighted by Gasteiger charge is -2.54. The highest BCUT2D eigenvalue weighted by Gasteiger charge is 2.62. The van der Waals surface area contributed by atoms with Gasteiger partial charge in [-0.3, -0.25) is 19.2 Å². The van der Waals surface area contributed by atoms with E-state index in [0.717, 1.165) is 33.2 Å². The molecule has 0 bridgehead atoms. The highest BCUT2D eigenvalue weighted by Crippen LogP contribution is 2.60. The predicted molar refractivity (Wildman–Crippen MR) is 216 cm³/mol. The monoisotopic (exact) mass is 771 g/mol. The van der Waals surface area contributed by atoms with Crippen LogP contribution in [0.25, 0.3) is 21.5 Å². The number of nitrogens with zero attached hydrogens (tertiary/aromatic N) is 2. The van der Waals surface area contributed by atoms with E-state index in [9.17, 15) is 24.0 Å². The molecule has 1 N–H and O–H groups in total. The molecule has 0 aromatic heterocycles. The number of ketones is 1. The Morgan fingerprint density at radius 1 is 0.778 bits per heavy atom. The van der Waals surface area contributed by atoms with Crippen LogP contribution in [0.15, 0.2) is 54.6 Å². The second-order valence-corrected chi connectivity index (χ2v) is 16.1. The maximum Gasteiger partial charge on any atom is 0.308 e. The van der Waals surface area contributed by atoms with Crippen molar-refractivity contribution >= 4 is 91.3 Å². The van der Waals surface area contributed by atoms with Gasteiger partial charge >= 0.3 is 5.97 Å². The molecule has 11 heteroatoms. The molecule has 0 saturated heterocycles. The molecular formula is C43H47Cl2N3O6. The van der Waals surface area contributed by atoms with Gasteiger partial charge in [0.25, 0.3) is 0 Å². The summed E-state index contributed by atoms with van der Waals surface area (Å²) in [5.74, 6) is 0.257. The Labute approximate surface area is 326 Å². The van der Waals surface area contributed by atoms with E-state index in [2.05, 4.69) is 30.4 Å². The first kappa shape index (κ1) is 39.2. The van der Waals surface area contributed by atoms with Crippen LogP contribution in [0.1, 0.15) is 89.3 Å². The van der Waals surface area contributed by atoms with Crippen LogP contribution in [0.4, 0.5) is 17.1 Å². The molecule has 3 amide bonds. The third kappa shape index (κ3) is 6.85. The number of benzene rings is 4. The molecule has 0 radical (unpaired) electrons. The number of Topliss-reactive ketones (excluding diaryl/α,β-unsaturated/α-hetero) is 1. The zero-order valence-corrected chi connectivity index (χ0v) is 33.4. The molecule has 284 valence electrons. The highest BCUT2D eigenvalue weighted by molar-refractivity contribution is 6.20. The first-order valence-electron chi connectivity index (χ1n) is 18.4. The minimum atomic E-state index is -0.799. The number of aryl methyl sites for hydroxylation is 1. The van der Waals surface area contributed by atoms with Gasteiger partial charge in [0.05, 0.1) is 11.1 Å². The molecule has 1 fully saturated rings. The summed E-state index contributed by atoms with van der Waals surface area (Å²) in [6.45, 7) is 12.8. The van der Waals surface area contributed by atoms with E-state index in [-0.39, 0.29) is 41.2 Å². The van der Waals surface area contributed by atoms with E-state index in [0.29, 0.717) is 60.7 Å². The largest absolute Gasteiger partial charge is 0.426 e. The van der Waals surface area contributed by atoms with Gasteiger partial charge in [-0.15, -0.1) is 23.2 Å². The topological polar surface area (TPSA) is 113 Å². The number of esters is 1. The summed E-state index contributed by atoms with van der Waals surface area (Å²) in [7, 11) is 0. The van der Waals surface area contributed by atoms with Crippen molar-refractivity contribution in [1.29, 1.82) is 0 Å². The summed E-state index contributed by atoms with van der Waals surface area (Å²) in [5.41, 5.74) is 3.75. The minimum Gasteiger partial charge on any atom is -0.426 e. The molecule has 4 aromatic carbocycles. The van der Waals surface area contributed by atoms with E-state index < -0.39 is 16.8 Å². The minimum absolute atomic E-state index is 0.0177. The zero-order chi connectivity index (χ0) is 39.3. The van der Waals surface area contributed by atoms with Crippen molar-refractivity contribution in [3.63, 3.8) is 0 Å². The average Bonchev–Trinajstić information content (AvgIpc) is 3.67. The van der Waals surface area contributed by atoms with Crippen molar-refractivity contribution in [2.24, 2.45) is 10.8 Å². The molecule has 4 aromatic rings. The molecule has 1 saturated carbocycles. The molecule has 3 aliphatic rings. The SMILES string of the molecule is CC(C)=O.CCC1(C(=O)N2CC(CCl)c3c2cc(C)c2ccccc32)CC(C)(C(=O)N2CC(CCl)c3c2cc(OC(C)=O)c2ccc(NC(C)=O)cc32)C1. The fourth-order valence-corrected chi connectivity index (χ4v) is 9.50. The Morgan fingerprint density at radius 2 is 1.33 bits per heavy atom. The van der Waals surface area contributed by atoms with Crippen LogP contribution in [-0.2, 0) is 24.0 Å². The van der Waals surface area contributed by atoms with Crippen LogP contribution in [-0.4, -0.2) is 54.3 Å². The smallest absolute Gasteiger partial charge is 0.308 e. The van der Waals surface area contributed by atoms with Gasteiger partial charge in [0.1, 0.15) is 11.5 Å². The third-order valence-electron chi connectivity index (χ3n) is 11.1. The molecular weight excluding hydrogens is 725 g/mol. The van der Waals surface area contributed by atoms with Crippen molar-refractivity contribution in [3.05, 3.63) is 71.3 Å². The van der Waals surface area contributed by atoms with Crippen molar-refractivity contribution in [2.45, 2.75) is 79.6 Å². The summed E-state index contributed by atoms with van der Waals surface area (Å²) in [6, 6.07) is 17.6. The van der Waals surface area contributed by atoms with Crippen molar-refractivity contribution < 1.29 is 28.7 Å². The number of ether oxygens (including phenoxy) is 1. The molecule has 2 aliphatic heterocycles. The Hall–Kier alpha value is -4.47. The van der Waals surface area contributed by atoms with Crippen LogP contribution in [0.3, 0.4) is 0 Å². The number of anilines is 3. The van der Waals surface area contributed by atoms with E-state index >= 15 is 0 Å². The maximum atomic E-state index is 14.7. The molecule has 1 aliphatic carbocycles. The number of carbonyl (C=O) groups is 5. The van der Waals surface area contributed by atoms with Crippen LogP contribution < -0.4 is 19.9 Å². The van der Waals surface area contributed by atoms with E-state index in [4.69, 9.17) is 27.9 Å². The maximum absolute atomic E-state index is 14.7. The Balaban J connectivity index is 0.00000119. The van der Waals surface area contributed by atoms with Crippen molar-refractivity contribution in [1.82, 2.24) is 0 Å². The van der Waals surface area contributed by atoms with Gasteiger partial charge in [0.15, 0.2) is 0 Å².